The highest BCUT2D eigenvalue weighted by atomic mass is 16.3. The normalized spacial score (nSPS) is 22.7. The van der Waals surface area contributed by atoms with Crippen LogP contribution in [0.4, 0.5) is 0 Å². The van der Waals surface area contributed by atoms with Gasteiger partial charge >= 0.3 is 0 Å². The number of rotatable bonds is 6. The summed E-state index contributed by atoms with van der Waals surface area (Å²) >= 11 is 0. The Kier molecular flexibility index (Phi) is 6.64. The molecule has 0 radical (unpaired) electrons. The first-order chi connectivity index (χ1) is 17.6. The Balaban J connectivity index is 1.54. The second kappa shape index (κ2) is 9.63. The van der Waals surface area contributed by atoms with Crippen LogP contribution in [0.1, 0.15) is 74.0 Å². The molecule has 3 fully saturated rings. The van der Waals surface area contributed by atoms with Gasteiger partial charge in [-0.3, -0.25) is 19.0 Å². The summed E-state index contributed by atoms with van der Waals surface area (Å²) in [5.41, 5.74) is 0.440. The van der Waals surface area contributed by atoms with Gasteiger partial charge in [-0.25, -0.2) is 0 Å². The summed E-state index contributed by atoms with van der Waals surface area (Å²) in [6.45, 7) is 8.81. The third-order valence-electron chi connectivity index (χ3n) is 7.91. The zero-order chi connectivity index (χ0) is 26.5. The fourth-order valence-electron chi connectivity index (χ4n) is 6.07. The van der Waals surface area contributed by atoms with E-state index in [4.69, 9.17) is 0 Å². The third kappa shape index (κ3) is 4.67. The van der Waals surface area contributed by atoms with E-state index in [-0.39, 0.29) is 34.8 Å². The molecule has 2 aromatic heterocycles. The molecule has 200 valence electrons. The molecule has 0 bridgehead atoms. The minimum absolute atomic E-state index is 0.0437. The highest BCUT2D eigenvalue weighted by Crippen LogP contribution is 2.37. The van der Waals surface area contributed by atoms with Crippen LogP contribution in [0.2, 0.25) is 0 Å². The number of carbonyl (C=O) groups is 2. The van der Waals surface area contributed by atoms with E-state index in [2.05, 4.69) is 22.4 Å². The lowest BCUT2D eigenvalue weighted by Crippen LogP contribution is -2.56. The summed E-state index contributed by atoms with van der Waals surface area (Å²) in [7, 11) is 2.11. The third-order valence-corrected chi connectivity index (χ3v) is 7.91. The summed E-state index contributed by atoms with van der Waals surface area (Å²) in [6.07, 6.45) is 9.12. The number of carbonyl (C=O) groups excluding carboxylic acids is 2. The Morgan fingerprint density at radius 2 is 1.92 bits per heavy atom. The molecule has 37 heavy (non-hydrogen) atoms. The second-order valence-electron chi connectivity index (χ2n) is 11.5. The molecule has 10 nitrogen and oxygen atoms in total. The zero-order valence-electron chi connectivity index (χ0n) is 22.3. The van der Waals surface area contributed by atoms with Gasteiger partial charge in [-0.05, 0) is 71.0 Å². The second-order valence-corrected chi connectivity index (χ2v) is 11.5. The molecule has 1 aliphatic carbocycles. The molecule has 2 amide bonds. The fourth-order valence-corrected chi connectivity index (χ4v) is 6.07. The Labute approximate surface area is 216 Å². The molecular weight excluding hydrogens is 472 g/mol. The van der Waals surface area contributed by atoms with Crippen molar-refractivity contribution in [3.63, 3.8) is 0 Å². The van der Waals surface area contributed by atoms with E-state index in [1.54, 1.807) is 23.6 Å². The van der Waals surface area contributed by atoms with Crippen molar-refractivity contribution < 1.29 is 14.7 Å². The Hall–Kier alpha value is -3.14. The van der Waals surface area contributed by atoms with Crippen LogP contribution in [-0.4, -0.2) is 79.2 Å². The number of likely N-dealkylation sites (N-methyl/N-ethyl adjacent to an activating group) is 1. The van der Waals surface area contributed by atoms with Gasteiger partial charge in [0.05, 0.1) is 11.2 Å². The summed E-state index contributed by atoms with van der Waals surface area (Å²) < 4.78 is 2.77. The molecule has 3 aliphatic rings. The Morgan fingerprint density at radius 3 is 2.57 bits per heavy atom. The van der Waals surface area contributed by atoms with Crippen LogP contribution in [0.25, 0.3) is 11.7 Å². The molecule has 2 saturated heterocycles. The number of likely N-dealkylation sites (tertiary alicyclic amines) is 2. The number of aromatic nitrogens is 3. The molecule has 1 unspecified atom stereocenters. The lowest BCUT2D eigenvalue weighted by molar-refractivity contribution is -0.131. The number of hydrogen-bond donors (Lipinski definition) is 2. The summed E-state index contributed by atoms with van der Waals surface area (Å²) in [4.78, 5) is 43.9. The van der Waals surface area contributed by atoms with E-state index in [1.165, 1.54) is 4.52 Å². The van der Waals surface area contributed by atoms with Crippen LogP contribution in [0.5, 0.6) is 5.88 Å². The fraction of sp³-hybridized carbons (Fsp3) is 0.630. The van der Waals surface area contributed by atoms with Crippen molar-refractivity contribution in [1.82, 2.24) is 29.3 Å². The average molecular weight is 511 g/mol. The Bertz CT molecular complexity index is 1320. The highest BCUT2D eigenvalue weighted by molar-refractivity contribution is 5.97. The number of hydrogen-bond acceptors (Lipinski definition) is 6. The van der Waals surface area contributed by atoms with Crippen molar-refractivity contribution in [3.8, 4) is 5.88 Å². The first kappa shape index (κ1) is 25.5. The highest BCUT2D eigenvalue weighted by Gasteiger charge is 2.44. The maximum Gasteiger partial charge on any atom is 0.291 e. The average Bonchev–Trinajstić information content (AvgIpc) is 3.46. The minimum atomic E-state index is -0.663. The molecular formula is C27H38N6O4. The molecule has 2 aromatic rings. The lowest BCUT2D eigenvalue weighted by atomic mass is 9.86. The van der Waals surface area contributed by atoms with Crippen LogP contribution < -0.4 is 10.9 Å². The predicted octanol–water partition coefficient (Wildman–Crippen LogP) is 2.16. The number of aryl methyl sites for hydroxylation is 1. The van der Waals surface area contributed by atoms with Crippen LogP contribution in [0.3, 0.4) is 0 Å². The first-order valence-electron chi connectivity index (χ1n) is 13.5. The number of fused-ring (bicyclic) bond motifs is 1. The largest absolute Gasteiger partial charge is 0.494 e. The smallest absolute Gasteiger partial charge is 0.291 e. The van der Waals surface area contributed by atoms with Gasteiger partial charge in [0.2, 0.25) is 11.8 Å². The van der Waals surface area contributed by atoms with Gasteiger partial charge in [-0.15, -0.1) is 0 Å². The number of aromatic hydroxyl groups is 1. The lowest BCUT2D eigenvalue weighted by Gasteiger charge is -2.44. The van der Waals surface area contributed by atoms with Crippen LogP contribution in [0.15, 0.2) is 10.9 Å². The molecule has 2 N–H and O–H groups in total. The van der Waals surface area contributed by atoms with Crippen molar-refractivity contribution in [1.29, 1.82) is 0 Å². The summed E-state index contributed by atoms with van der Waals surface area (Å²) in [6, 6.07) is 0.0437. The predicted molar refractivity (Wildman–Crippen MR) is 141 cm³/mol. The number of nitrogens with zero attached hydrogens (tertiary/aromatic N) is 5. The van der Waals surface area contributed by atoms with Crippen molar-refractivity contribution in [2.45, 2.75) is 77.4 Å². The SMILES string of the molecule is Cc1nn2c(=O)c(C(=O)NC3CC3)c(O)n(CC(C)C)c2c1C=CC(=O)N1CCCC12CCCN(C)C2. The van der Waals surface area contributed by atoms with Gasteiger partial charge in [-0.2, -0.15) is 9.61 Å². The van der Waals surface area contributed by atoms with Crippen molar-refractivity contribution in [2.75, 3.05) is 26.7 Å². The molecule has 4 heterocycles. The van der Waals surface area contributed by atoms with E-state index in [0.717, 1.165) is 58.2 Å². The summed E-state index contributed by atoms with van der Waals surface area (Å²) in [5, 5.41) is 18.4. The topological polar surface area (TPSA) is 112 Å². The van der Waals surface area contributed by atoms with Crippen LogP contribution in [0, 0.1) is 12.8 Å². The number of piperidine rings is 1. The van der Waals surface area contributed by atoms with Crippen molar-refractivity contribution in [2.24, 2.45) is 5.92 Å². The molecule has 1 saturated carbocycles. The maximum absolute atomic E-state index is 13.4. The molecule has 2 aliphatic heterocycles. The van der Waals surface area contributed by atoms with Crippen molar-refractivity contribution >= 4 is 23.5 Å². The Morgan fingerprint density at radius 1 is 1.22 bits per heavy atom. The maximum atomic E-state index is 13.4. The molecule has 5 rings (SSSR count). The van der Waals surface area contributed by atoms with E-state index in [9.17, 15) is 19.5 Å². The van der Waals surface area contributed by atoms with E-state index in [0.29, 0.717) is 23.4 Å². The first-order valence-corrected chi connectivity index (χ1v) is 13.5. The quantitative estimate of drug-likeness (QED) is 0.576. The van der Waals surface area contributed by atoms with Crippen molar-refractivity contribution in [3.05, 3.63) is 33.3 Å². The zero-order valence-corrected chi connectivity index (χ0v) is 22.3. The van der Waals surface area contributed by atoms with E-state index in [1.807, 2.05) is 18.7 Å². The van der Waals surface area contributed by atoms with Gasteiger partial charge in [-0.1, -0.05) is 13.8 Å². The van der Waals surface area contributed by atoms with E-state index < -0.39 is 11.5 Å². The van der Waals surface area contributed by atoms with E-state index >= 15 is 0 Å². The van der Waals surface area contributed by atoms with Gasteiger partial charge in [0, 0.05) is 37.3 Å². The standard InChI is InChI=1S/C27H38N6O4/c1-17(2)15-31-24-20(9-10-21(34)32-14-6-12-27(32)11-5-13-30(4)16-27)18(3)29-33(24)26(37)22(25(31)36)23(35)28-19-7-8-19/h9-10,17,19,36H,5-8,11-16H2,1-4H3,(H,28,35). The molecule has 10 heteroatoms. The van der Waals surface area contributed by atoms with Gasteiger partial charge in [0.25, 0.3) is 11.5 Å². The van der Waals surface area contributed by atoms with Gasteiger partial charge < -0.3 is 20.2 Å². The van der Waals surface area contributed by atoms with Gasteiger partial charge in [0.1, 0.15) is 5.65 Å². The minimum Gasteiger partial charge on any atom is -0.494 e. The number of amides is 2. The molecule has 0 aromatic carbocycles. The van der Waals surface area contributed by atoms with Gasteiger partial charge in [0.15, 0.2) is 5.56 Å². The molecule has 1 spiro atoms. The van der Waals surface area contributed by atoms with Crippen LogP contribution in [-0.2, 0) is 11.3 Å². The molecule has 1 atom stereocenters. The van der Waals surface area contributed by atoms with Crippen LogP contribution >= 0.6 is 0 Å². The number of nitrogens with one attached hydrogen (secondary N) is 1. The monoisotopic (exact) mass is 510 g/mol. The summed E-state index contributed by atoms with van der Waals surface area (Å²) in [5.74, 6) is -0.873.